The molecule has 20 heavy (non-hydrogen) atoms. The lowest BCUT2D eigenvalue weighted by molar-refractivity contribution is -0.136. The molecule has 0 spiro atoms. The summed E-state index contributed by atoms with van der Waals surface area (Å²) in [6.07, 6.45) is 4.30. The summed E-state index contributed by atoms with van der Waals surface area (Å²) in [5, 5.41) is 9.00. The van der Waals surface area contributed by atoms with E-state index in [1.807, 2.05) is 24.3 Å². The van der Waals surface area contributed by atoms with Gasteiger partial charge in [-0.1, -0.05) is 31.2 Å². The lowest BCUT2D eigenvalue weighted by atomic mass is 9.86. The molecule has 1 aromatic rings. The quantitative estimate of drug-likeness (QED) is 0.830. The third-order valence-corrected chi connectivity index (χ3v) is 4.40. The Hall–Kier alpha value is -1.77. The third-order valence-electron chi connectivity index (χ3n) is 4.40. The normalized spacial score (nSPS) is 25.4. The Balaban J connectivity index is 2.29. The van der Waals surface area contributed by atoms with Crippen molar-refractivity contribution in [2.24, 2.45) is 5.92 Å². The molecule has 0 saturated carbocycles. The molecule has 1 aliphatic rings. The number of carboxylic acids is 1. The Labute approximate surface area is 120 Å². The van der Waals surface area contributed by atoms with Crippen LogP contribution in [0.25, 0.3) is 0 Å². The van der Waals surface area contributed by atoms with E-state index in [4.69, 9.17) is 9.84 Å². The van der Waals surface area contributed by atoms with Crippen LogP contribution in [0.2, 0.25) is 0 Å². The highest BCUT2D eigenvalue weighted by atomic mass is 16.5. The Bertz CT molecular complexity index is 533. The molecule has 0 saturated heterocycles. The second-order valence-electron chi connectivity index (χ2n) is 5.62. The molecule has 108 valence electrons. The number of carbonyl (C=O) groups is 1. The van der Waals surface area contributed by atoms with Crippen LogP contribution in [0.3, 0.4) is 0 Å². The van der Waals surface area contributed by atoms with Crippen molar-refractivity contribution in [2.75, 3.05) is 0 Å². The van der Waals surface area contributed by atoms with Crippen LogP contribution in [0, 0.1) is 5.92 Å². The first-order valence-electron chi connectivity index (χ1n) is 7.13. The molecule has 1 aliphatic carbocycles. The fraction of sp³-hybridized carbons (Fsp3) is 0.471. The molecule has 1 aromatic carbocycles. The van der Waals surface area contributed by atoms with Gasteiger partial charge < -0.3 is 9.84 Å². The number of ether oxygens (including phenoxy) is 1. The smallest absolute Gasteiger partial charge is 0.307 e. The topological polar surface area (TPSA) is 46.5 Å². The molecule has 0 amide bonds. The first kappa shape index (κ1) is 14.6. The van der Waals surface area contributed by atoms with Crippen LogP contribution in [0.1, 0.15) is 39.2 Å². The van der Waals surface area contributed by atoms with Crippen LogP contribution in [0.5, 0.6) is 5.75 Å². The zero-order valence-corrected chi connectivity index (χ0v) is 12.3. The van der Waals surface area contributed by atoms with Crippen molar-refractivity contribution in [3.8, 4) is 5.75 Å². The van der Waals surface area contributed by atoms with Gasteiger partial charge in [0.15, 0.2) is 0 Å². The molecular formula is C17H22O3. The Morgan fingerprint density at radius 1 is 1.45 bits per heavy atom. The highest BCUT2D eigenvalue weighted by Gasteiger charge is 2.40. The van der Waals surface area contributed by atoms with E-state index < -0.39 is 5.97 Å². The van der Waals surface area contributed by atoms with Crippen molar-refractivity contribution in [2.45, 2.75) is 45.6 Å². The van der Waals surface area contributed by atoms with E-state index in [2.05, 4.69) is 26.8 Å². The summed E-state index contributed by atoms with van der Waals surface area (Å²) in [4.78, 5) is 11.0. The maximum absolute atomic E-state index is 11.0. The third kappa shape index (κ3) is 2.72. The second-order valence-corrected chi connectivity index (χ2v) is 5.62. The van der Waals surface area contributed by atoms with Crippen molar-refractivity contribution in [3.05, 3.63) is 41.5 Å². The molecule has 0 radical (unpaired) electrons. The monoisotopic (exact) mass is 274 g/mol. The lowest BCUT2D eigenvalue weighted by Crippen LogP contribution is -2.38. The Morgan fingerprint density at radius 3 is 2.80 bits per heavy atom. The van der Waals surface area contributed by atoms with E-state index in [1.165, 1.54) is 5.57 Å². The number of rotatable bonds is 5. The van der Waals surface area contributed by atoms with E-state index >= 15 is 0 Å². The number of hydrogen-bond donors (Lipinski definition) is 1. The van der Waals surface area contributed by atoms with E-state index in [0.717, 1.165) is 18.4 Å². The summed E-state index contributed by atoms with van der Waals surface area (Å²) in [6.45, 7) is 6.37. The molecule has 0 heterocycles. The van der Waals surface area contributed by atoms with Gasteiger partial charge >= 0.3 is 5.97 Å². The number of hydrogen-bond acceptors (Lipinski definition) is 2. The highest BCUT2D eigenvalue weighted by Crippen LogP contribution is 2.41. The molecule has 3 nitrogen and oxygen atoms in total. The predicted octanol–water partition coefficient (Wildman–Crippen LogP) is 3.83. The number of aliphatic carboxylic acids is 1. The summed E-state index contributed by atoms with van der Waals surface area (Å²) >= 11 is 0. The predicted molar refractivity (Wildman–Crippen MR) is 79.0 cm³/mol. The SMILES string of the molecule is CC[C@H]1CC=C(C)[C@]1(C)Oc1ccccc1CC(=O)O. The molecule has 0 fully saturated rings. The largest absolute Gasteiger partial charge is 0.483 e. The van der Waals surface area contributed by atoms with Gasteiger partial charge in [0.25, 0.3) is 0 Å². The van der Waals surface area contributed by atoms with Gasteiger partial charge in [0, 0.05) is 11.5 Å². The minimum Gasteiger partial charge on any atom is -0.483 e. The zero-order chi connectivity index (χ0) is 14.8. The summed E-state index contributed by atoms with van der Waals surface area (Å²) < 4.78 is 6.28. The fourth-order valence-corrected chi connectivity index (χ4v) is 2.93. The van der Waals surface area contributed by atoms with Gasteiger partial charge in [-0.2, -0.15) is 0 Å². The number of allylic oxidation sites excluding steroid dienone is 1. The molecule has 0 bridgehead atoms. The van der Waals surface area contributed by atoms with E-state index in [-0.39, 0.29) is 12.0 Å². The van der Waals surface area contributed by atoms with Gasteiger partial charge in [-0.15, -0.1) is 0 Å². The molecule has 2 rings (SSSR count). The van der Waals surface area contributed by atoms with Gasteiger partial charge in [-0.3, -0.25) is 4.79 Å². The summed E-state index contributed by atoms with van der Waals surface area (Å²) in [5.41, 5.74) is 1.63. The zero-order valence-electron chi connectivity index (χ0n) is 12.3. The molecule has 0 unspecified atom stereocenters. The molecular weight excluding hydrogens is 252 g/mol. The van der Waals surface area contributed by atoms with Crippen LogP contribution < -0.4 is 4.74 Å². The number of para-hydroxylation sites is 1. The minimum atomic E-state index is -0.836. The Morgan fingerprint density at radius 2 is 2.15 bits per heavy atom. The van der Waals surface area contributed by atoms with Gasteiger partial charge in [-0.05, 0) is 38.3 Å². The fourth-order valence-electron chi connectivity index (χ4n) is 2.93. The standard InChI is InChI=1S/C17H22O3/c1-4-14-10-9-12(2)17(14,3)20-15-8-6-5-7-13(15)11-16(18)19/h5-9,14H,4,10-11H2,1-3H3,(H,18,19)/t14-,17-/m0/s1. The van der Waals surface area contributed by atoms with Crippen LogP contribution in [0.15, 0.2) is 35.9 Å². The van der Waals surface area contributed by atoms with Crippen molar-refractivity contribution < 1.29 is 14.6 Å². The summed E-state index contributed by atoms with van der Waals surface area (Å²) in [6, 6.07) is 7.42. The summed E-state index contributed by atoms with van der Waals surface area (Å²) in [5.74, 6) is 0.294. The van der Waals surface area contributed by atoms with Crippen molar-refractivity contribution >= 4 is 5.97 Å². The van der Waals surface area contributed by atoms with Gasteiger partial charge in [0.1, 0.15) is 11.4 Å². The number of carboxylic acid groups (broad SMARTS) is 1. The average molecular weight is 274 g/mol. The highest BCUT2D eigenvalue weighted by molar-refractivity contribution is 5.71. The Kier molecular flexibility index (Phi) is 4.17. The van der Waals surface area contributed by atoms with Crippen LogP contribution >= 0.6 is 0 Å². The lowest BCUT2D eigenvalue weighted by Gasteiger charge is -2.35. The second kappa shape index (κ2) is 5.70. The van der Waals surface area contributed by atoms with Gasteiger partial charge in [0.05, 0.1) is 6.42 Å². The van der Waals surface area contributed by atoms with E-state index in [9.17, 15) is 4.79 Å². The average Bonchev–Trinajstić information content (AvgIpc) is 2.67. The molecule has 2 atom stereocenters. The van der Waals surface area contributed by atoms with E-state index in [0.29, 0.717) is 11.7 Å². The van der Waals surface area contributed by atoms with Crippen molar-refractivity contribution in [3.63, 3.8) is 0 Å². The van der Waals surface area contributed by atoms with Crippen molar-refractivity contribution in [1.29, 1.82) is 0 Å². The molecule has 1 N–H and O–H groups in total. The van der Waals surface area contributed by atoms with Crippen LogP contribution in [0.4, 0.5) is 0 Å². The van der Waals surface area contributed by atoms with Gasteiger partial charge in [0.2, 0.25) is 0 Å². The first-order chi connectivity index (χ1) is 9.47. The molecule has 3 heteroatoms. The number of benzene rings is 1. The maximum atomic E-state index is 11.0. The van der Waals surface area contributed by atoms with Crippen LogP contribution in [-0.2, 0) is 11.2 Å². The van der Waals surface area contributed by atoms with Gasteiger partial charge in [-0.25, -0.2) is 0 Å². The molecule has 0 aromatic heterocycles. The maximum Gasteiger partial charge on any atom is 0.307 e. The minimum absolute atomic E-state index is 0.00813. The summed E-state index contributed by atoms with van der Waals surface area (Å²) in [7, 11) is 0. The van der Waals surface area contributed by atoms with E-state index in [1.54, 1.807) is 0 Å². The molecule has 0 aliphatic heterocycles. The first-order valence-corrected chi connectivity index (χ1v) is 7.13. The van der Waals surface area contributed by atoms with Crippen molar-refractivity contribution in [1.82, 2.24) is 0 Å². The van der Waals surface area contributed by atoms with Crippen LogP contribution in [-0.4, -0.2) is 16.7 Å².